The predicted octanol–water partition coefficient (Wildman–Crippen LogP) is 1.57. The molecule has 0 aliphatic carbocycles. The highest BCUT2D eigenvalue weighted by atomic mass is 16.2. The normalized spacial score (nSPS) is 18.1. The van der Waals surface area contributed by atoms with E-state index >= 15 is 0 Å². The van der Waals surface area contributed by atoms with Crippen LogP contribution in [0.1, 0.15) is 43.5 Å². The first-order valence-electron chi connectivity index (χ1n) is 8.82. The van der Waals surface area contributed by atoms with E-state index in [0.717, 1.165) is 6.42 Å². The summed E-state index contributed by atoms with van der Waals surface area (Å²) in [5.41, 5.74) is 0.576. The molecule has 0 radical (unpaired) electrons. The molecule has 1 fully saturated rings. The van der Waals surface area contributed by atoms with E-state index in [1.165, 1.54) is 0 Å². The number of likely N-dealkylation sites (N-methyl/N-ethyl adjacent to an activating group) is 1. The Bertz CT molecular complexity index is 616. The second kappa shape index (κ2) is 8.65. The molecule has 1 saturated heterocycles. The maximum atomic E-state index is 12.7. The lowest BCUT2D eigenvalue weighted by Crippen LogP contribution is -2.53. The van der Waals surface area contributed by atoms with Crippen LogP contribution in [0.5, 0.6) is 0 Å². The molecule has 1 aliphatic rings. The number of nitrogens with zero attached hydrogens (tertiary/aromatic N) is 1. The molecular weight excluding hydrogens is 318 g/mol. The largest absolute Gasteiger partial charge is 0.357 e. The SMILES string of the molecule is CNC(=O)[C@H](CC(C)C)NC(=O)[C@@H]1CCCN1C(=O)c1ccccc1. The number of carbonyl (C=O) groups is 3. The zero-order valence-electron chi connectivity index (χ0n) is 15.1. The number of rotatable bonds is 6. The molecule has 25 heavy (non-hydrogen) atoms. The van der Waals surface area contributed by atoms with Crippen LogP contribution < -0.4 is 10.6 Å². The van der Waals surface area contributed by atoms with Gasteiger partial charge in [-0.1, -0.05) is 32.0 Å². The molecule has 2 rings (SSSR count). The molecule has 136 valence electrons. The van der Waals surface area contributed by atoms with Crippen molar-refractivity contribution < 1.29 is 14.4 Å². The summed E-state index contributed by atoms with van der Waals surface area (Å²) in [5.74, 6) is -0.330. The lowest BCUT2D eigenvalue weighted by Gasteiger charge is -2.26. The van der Waals surface area contributed by atoms with Crippen LogP contribution in [-0.2, 0) is 9.59 Å². The van der Waals surface area contributed by atoms with E-state index in [1.807, 2.05) is 32.0 Å². The minimum atomic E-state index is -0.577. The van der Waals surface area contributed by atoms with Crippen LogP contribution in [0, 0.1) is 5.92 Å². The maximum absolute atomic E-state index is 12.7. The Hall–Kier alpha value is -2.37. The van der Waals surface area contributed by atoms with Gasteiger partial charge in [0.05, 0.1) is 0 Å². The van der Waals surface area contributed by atoms with Crippen molar-refractivity contribution in [2.24, 2.45) is 5.92 Å². The molecule has 6 heteroatoms. The number of carbonyl (C=O) groups excluding carboxylic acids is 3. The number of hydrogen-bond donors (Lipinski definition) is 2. The number of benzene rings is 1. The number of hydrogen-bond acceptors (Lipinski definition) is 3. The summed E-state index contributed by atoms with van der Waals surface area (Å²) < 4.78 is 0. The Morgan fingerprint density at radius 1 is 1.20 bits per heavy atom. The highest BCUT2D eigenvalue weighted by Crippen LogP contribution is 2.21. The second-order valence-corrected chi connectivity index (χ2v) is 6.83. The van der Waals surface area contributed by atoms with Crippen molar-refractivity contribution in [1.29, 1.82) is 0 Å². The average Bonchev–Trinajstić information content (AvgIpc) is 3.10. The summed E-state index contributed by atoms with van der Waals surface area (Å²) in [6.07, 6.45) is 1.96. The van der Waals surface area contributed by atoms with Crippen molar-refractivity contribution in [2.45, 2.75) is 45.2 Å². The van der Waals surface area contributed by atoms with Crippen LogP contribution >= 0.6 is 0 Å². The number of likely N-dealkylation sites (tertiary alicyclic amines) is 1. The van der Waals surface area contributed by atoms with Gasteiger partial charge in [-0.25, -0.2) is 0 Å². The van der Waals surface area contributed by atoms with Crippen molar-refractivity contribution in [2.75, 3.05) is 13.6 Å². The molecule has 0 aromatic heterocycles. The second-order valence-electron chi connectivity index (χ2n) is 6.83. The van der Waals surface area contributed by atoms with E-state index in [0.29, 0.717) is 24.9 Å². The smallest absolute Gasteiger partial charge is 0.254 e. The molecule has 0 unspecified atom stereocenters. The summed E-state index contributed by atoms with van der Waals surface area (Å²) in [7, 11) is 1.56. The van der Waals surface area contributed by atoms with E-state index in [9.17, 15) is 14.4 Å². The minimum Gasteiger partial charge on any atom is -0.357 e. The van der Waals surface area contributed by atoms with Crippen LogP contribution in [0.2, 0.25) is 0 Å². The monoisotopic (exact) mass is 345 g/mol. The minimum absolute atomic E-state index is 0.140. The predicted molar refractivity (Wildman–Crippen MR) is 96.0 cm³/mol. The summed E-state index contributed by atoms with van der Waals surface area (Å²) in [6, 6.07) is 7.87. The van der Waals surface area contributed by atoms with E-state index in [-0.39, 0.29) is 23.6 Å². The molecule has 1 aromatic rings. The van der Waals surface area contributed by atoms with E-state index < -0.39 is 12.1 Å². The van der Waals surface area contributed by atoms with E-state index in [1.54, 1.807) is 24.1 Å². The molecule has 6 nitrogen and oxygen atoms in total. The summed E-state index contributed by atoms with van der Waals surface area (Å²) in [4.78, 5) is 39.0. The van der Waals surface area contributed by atoms with Crippen LogP contribution in [-0.4, -0.2) is 48.3 Å². The standard InChI is InChI=1S/C19H27N3O3/c1-13(2)12-15(17(23)20-3)21-18(24)16-10-7-11-22(16)19(25)14-8-5-4-6-9-14/h4-6,8-9,13,15-16H,7,10-12H2,1-3H3,(H,20,23)(H,21,24)/t15-,16-/m0/s1. The zero-order valence-corrected chi connectivity index (χ0v) is 15.1. The van der Waals surface area contributed by atoms with Gasteiger partial charge in [0.1, 0.15) is 12.1 Å². The molecular formula is C19H27N3O3. The quantitative estimate of drug-likeness (QED) is 0.821. The molecule has 0 spiro atoms. The first-order chi connectivity index (χ1) is 11.9. The first kappa shape index (κ1) is 19.0. The third kappa shape index (κ3) is 4.81. The van der Waals surface area contributed by atoms with Gasteiger partial charge in [0, 0.05) is 19.2 Å². The Kier molecular flexibility index (Phi) is 6.56. The van der Waals surface area contributed by atoms with Gasteiger partial charge in [0.2, 0.25) is 11.8 Å². The van der Waals surface area contributed by atoms with Crippen LogP contribution in [0.3, 0.4) is 0 Å². The maximum Gasteiger partial charge on any atom is 0.254 e. The first-order valence-corrected chi connectivity index (χ1v) is 8.82. The van der Waals surface area contributed by atoms with Gasteiger partial charge in [-0.15, -0.1) is 0 Å². The van der Waals surface area contributed by atoms with Crippen molar-refractivity contribution in [1.82, 2.24) is 15.5 Å². The number of nitrogens with one attached hydrogen (secondary N) is 2. The van der Waals surface area contributed by atoms with Crippen molar-refractivity contribution in [3.63, 3.8) is 0 Å². The van der Waals surface area contributed by atoms with Crippen LogP contribution in [0.15, 0.2) is 30.3 Å². The third-order valence-electron chi connectivity index (χ3n) is 4.42. The lowest BCUT2D eigenvalue weighted by atomic mass is 10.0. The van der Waals surface area contributed by atoms with Gasteiger partial charge < -0.3 is 15.5 Å². The molecule has 1 heterocycles. The molecule has 0 bridgehead atoms. The summed E-state index contributed by atoms with van der Waals surface area (Å²) >= 11 is 0. The van der Waals surface area contributed by atoms with Crippen molar-refractivity contribution in [3.05, 3.63) is 35.9 Å². The molecule has 0 saturated carbocycles. The highest BCUT2D eigenvalue weighted by Gasteiger charge is 2.36. The molecule has 1 aliphatic heterocycles. The van der Waals surface area contributed by atoms with Gasteiger partial charge in [0.25, 0.3) is 5.91 Å². The molecule has 3 amide bonds. The van der Waals surface area contributed by atoms with Gasteiger partial charge in [-0.2, -0.15) is 0 Å². The topological polar surface area (TPSA) is 78.5 Å². The average molecular weight is 345 g/mol. The van der Waals surface area contributed by atoms with Gasteiger partial charge in [-0.3, -0.25) is 14.4 Å². The molecule has 1 aromatic carbocycles. The van der Waals surface area contributed by atoms with Gasteiger partial charge in [-0.05, 0) is 37.3 Å². The fourth-order valence-electron chi connectivity index (χ4n) is 3.17. The van der Waals surface area contributed by atoms with E-state index in [2.05, 4.69) is 10.6 Å². The summed E-state index contributed by atoms with van der Waals surface area (Å²) in [5, 5.41) is 5.42. The third-order valence-corrected chi connectivity index (χ3v) is 4.42. The Morgan fingerprint density at radius 2 is 1.88 bits per heavy atom. The zero-order chi connectivity index (χ0) is 18.4. The highest BCUT2D eigenvalue weighted by molar-refractivity contribution is 5.98. The summed E-state index contributed by atoms with van der Waals surface area (Å²) in [6.45, 7) is 4.56. The lowest BCUT2D eigenvalue weighted by molar-refractivity contribution is -0.131. The fourth-order valence-corrected chi connectivity index (χ4v) is 3.17. The van der Waals surface area contributed by atoms with Crippen molar-refractivity contribution in [3.8, 4) is 0 Å². The molecule has 2 atom stereocenters. The van der Waals surface area contributed by atoms with Crippen LogP contribution in [0.25, 0.3) is 0 Å². The Balaban J connectivity index is 2.08. The Morgan fingerprint density at radius 3 is 2.48 bits per heavy atom. The van der Waals surface area contributed by atoms with Crippen LogP contribution in [0.4, 0.5) is 0 Å². The number of amides is 3. The Labute approximate surface area is 149 Å². The van der Waals surface area contributed by atoms with Gasteiger partial charge >= 0.3 is 0 Å². The van der Waals surface area contributed by atoms with Crippen molar-refractivity contribution >= 4 is 17.7 Å². The van der Waals surface area contributed by atoms with E-state index in [4.69, 9.17) is 0 Å². The fraction of sp³-hybridized carbons (Fsp3) is 0.526. The molecule has 2 N–H and O–H groups in total. The van der Waals surface area contributed by atoms with Gasteiger partial charge in [0.15, 0.2) is 0 Å².